The molecule has 2 aliphatic rings. The van der Waals surface area contributed by atoms with Gasteiger partial charge in [-0.05, 0) is 38.3 Å². The standard InChI is InChI=1S/C11H22N2O/c1-3-10(14)7-13-6-9-4-12-5-11(9)8(13)2/h8-12,14H,3-7H2,1-2H3. The van der Waals surface area contributed by atoms with Crippen molar-refractivity contribution in [1.29, 1.82) is 0 Å². The Hall–Kier alpha value is -0.120. The van der Waals surface area contributed by atoms with Gasteiger partial charge >= 0.3 is 0 Å². The highest BCUT2D eigenvalue weighted by atomic mass is 16.3. The summed E-state index contributed by atoms with van der Waals surface area (Å²) >= 11 is 0. The number of nitrogens with one attached hydrogen (secondary N) is 1. The van der Waals surface area contributed by atoms with Crippen LogP contribution in [0.2, 0.25) is 0 Å². The molecule has 0 radical (unpaired) electrons. The second kappa shape index (κ2) is 4.17. The topological polar surface area (TPSA) is 35.5 Å². The number of rotatable bonds is 3. The molecule has 82 valence electrons. The number of fused-ring (bicyclic) bond motifs is 1. The molecule has 3 nitrogen and oxygen atoms in total. The summed E-state index contributed by atoms with van der Waals surface area (Å²) in [6, 6.07) is 0.649. The Morgan fingerprint density at radius 2 is 2.29 bits per heavy atom. The second-order valence-corrected chi connectivity index (χ2v) is 4.84. The smallest absolute Gasteiger partial charge is 0.0664 e. The van der Waals surface area contributed by atoms with Crippen LogP contribution in [-0.4, -0.2) is 48.3 Å². The van der Waals surface area contributed by atoms with E-state index in [-0.39, 0.29) is 6.10 Å². The minimum Gasteiger partial charge on any atom is -0.392 e. The third-order valence-electron chi connectivity index (χ3n) is 3.97. The molecule has 4 unspecified atom stereocenters. The maximum atomic E-state index is 9.64. The SMILES string of the molecule is CCC(O)CN1CC2CNCC2C1C. The highest BCUT2D eigenvalue weighted by Crippen LogP contribution is 2.32. The predicted octanol–water partition coefficient (Wildman–Crippen LogP) is 0.297. The number of hydrogen-bond acceptors (Lipinski definition) is 3. The molecule has 0 aliphatic carbocycles. The molecule has 0 bridgehead atoms. The zero-order valence-corrected chi connectivity index (χ0v) is 9.24. The van der Waals surface area contributed by atoms with Gasteiger partial charge in [-0.15, -0.1) is 0 Å². The van der Waals surface area contributed by atoms with Crippen molar-refractivity contribution in [2.75, 3.05) is 26.2 Å². The van der Waals surface area contributed by atoms with E-state index < -0.39 is 0 Å². The Kier molecular flexibility index (Phi) is 3.10. The Balaban J connectivity index is 1.90. The zero-order valence-electron chi connectivity index (χ0n) is 9.24. The first-order chi connectivity index (χ1) is 6.72. The molecule has 2 heterocycles. The Morgan fingerprint density at radius 3 is 2.93 bits per heavy atom. The van der Waals surface area contributed by atoms with Crippen molar-refractivity contribution in [3.05, 3.63) is 0 Å². The molecule has 2 fully saturated rings. The summed E-state index contributed by atoms with van der Waals surface area (Å²) in [4.78, 5) is 2.46. The lowest BCUT2D eigenvalue weighted by Gasteiger charge is -2.26. The van der Waals surface area contributed by atoms with Crippen LogP contribution in [0.25, 0.3) is 0 Å². The molecule has 0 aromatic heterocycles. The van der Waals surface area contributed by atoms with E-state index in [4.69, 9.17) is 0 Å². The van der Waals surface area contributed by atoms with E-state index in [0.29, 0.717) is 6.04 Å². The average Bonchev–Trinajstić information content (AvgIpc) is 2.72. The molecule has 0 aromatic rings. The molecule has 2 N–H and O–H groups in total. The number of hydrogen-bond donors (Lipinski definition) is 2. The summed E-state index contributed by atoms with van der Waals surface area (Å²) in [5.74, 6) is 1.65. The van der Waals surface area contributed by atoms with E-state index in [1.54, 1.807) is 0 Å². The average molecular weight is 198 g/mol. The highest BCUT2D eigenvalue weighted by Gasteiger charge is 2.41. The van der Waals surface area contributed by atoms with Crippen LogP contribution in [0.3, 0.4) is 0 Å². The van der Waals surface area contributed by atoms with Gasteiger partial charge in [0.05, 0.1) is 6.10 Å². The van der Waals surface area contributed by atoms with Crippen LogP contribution in [-0.2, 0) is 0 Å². The number of likely N-dealkylation sites (tertiary alicyclic amines) is 1. The summed E-state index contributed by atoms with van der Waals surface area (Å²) in [6.07, 6.45) is 0.737. The maximum Gasteiger partial charge on any atom is 0.0664 e. The zero-order chi connectivity index (χ0) is 10.1. The molecule has 0 amide bonds. The van der Waals surface area contributed by atoms with Gasteiger partial charge in [0.25, 0.3) is 0 Å². The fourth-order valence-corrected chi connectivity index (χ4v) is 2.90. The minimum absolute atomic E-state index is 0.135. The molecule has 4 atom stereocenters. The third kappa shape index (κ3) is 1.81. The molecule has 3 heteroatoms. The van der Waals surface area contributed by atoms with Crippen molar-refractivity contribution in [3.8, 4) is 0 Å². The van der Waals surface area contributed by atoms with Crippen molar-refractivity contribution < 1.29 is 5.11 Å². The molecule has 0 aromatic carbocycles. The number of aliphatic hydroxyl groups excluding tert-OH is 1. The van der Waals surface area contributed by atoms with Gasteiger partial charge in [-0.25, -0.2) is 0 Å². The summed E-state index contributed by atoms with van der Waals surface area (Å²) in [5.41, 5.74) is 0. The van der Waals surface area contributed by atoms with Gasteiger partial charge in [0.1, 0.15) is 0 Å². The molecular formula is C11H22N2O. The fraction of sp³-hybridized carbons (Fsp3) is 1.00. The quantitative estimate of drug-likeness (QED) is 0.684. The molecule has 0 saturated carbocycles. The van der Waals surface area contributed by atoms with E-state index in [2.05, 4.69) is 17.1 Å². The van der Waals surface area contributed by atoms with Gasteiger partial charge in [-0.3, -0.25) is 4.90 Å². The first-order valence-electron chi connectivity index (χ1n) is 5.85. The van der Waals surface area contributed by atoms with Crippen molar-refractivity contribution >= 4 is 0 Å². The highest BCUT2D eigenvalue weighted by molar-refractivity contribution is 4.96. The summed E-state index contributed by atoms with van der Waals surface area (Å²) in [6.45, 7) is 8.74. The van der Waals surface area contributed by atoms with Crippen LogP contribution in [0.15, 0.2) is 0 Å². The van der Waals surface area contributed by atoms with Crippen LogP contribution in [0.1, 0.15) is 20.3 Å². The van der Waals surface area contributed by atoms with Gasteiger partial charge in [-0.1, -0.05) is 6.92 Å². The van der Waals surface area contributed by atoms with E-state index >= 15 is 0 Å². The largest absolute Gasteiger partial charge is 0.392 e. The van der Waals surface area contributed by atoms with Crippen LogP contribution < -0.4 is 5.32 Å². The van der Waals surface area contributed by atoms with Crippen LogP contribution >= 0.6 is 0 Å². The maximum absolute atomic E-state index is 9.64. The van der Waals surface area contributed by atoms with Crippen LogP contribution in [0, 0.1) is 11.8 Å². The summed E-state index contributed by atoms with van der Waals surface area (Å²) in [5, 5.41) is 13.1. The number of β-amino-alcohol motifs (C(OH)–C–C–N with tert-alkyl or cyclic N) is 1. The molecule has 2 aliphatic heterocycles. The van der Waals surface area contributed by atoms with Crippen molar-refractivity contribution in [2.45, 2.75) is 32.4 Å². The Morgan fingerprint density at radius 1 is 1.50 bits per heavy atom. The molecule has 14 heavy (non-hydrogen) atoms. The monoisotopic (exact) mass is 198 g/mol. The minimum atomic E-state index is -0.135. The van der Waals surface area contributed by atoms with Crippen LogP contribution in [0.5, 0.6) is 0 Å². The van der Waals surface area contributed by atoms with Gasteiger partial charge in [0.15, 0.2) is 0 Å². The molecule has 0 spiro atoms. The first-order valence-corrected chi connectivity index (χ1v) is 5.85. The Bertz CT molecular complexity index is 196. The van der Waals surface area contributed by atoms with Gasteiger partial charge < -0.3 is 10.4 Å². The van der Waals surface area contributed by atoms with Crippen molar-refractivity contribution in [2.24, 2.45) is 11.8 Å². The van der Waals surface area contributed by atoms with E-state index in [1.807, 2.05) is 6.92 Å². The van der Waals surface area contributed by atoms with Crippen molar-refractivity contribution in [3.63, 3.8) is 0 Å². The van der Waals surface area contributed by atoms with E-state index in [1.165, 1.54) is 19.6 Å². The Labute approximate surface area is 86.5 Å². The lowest BCUT2D eigenvalue weighted by atomic mass is 9.95. The van der Waals surface area contributed by atoms with E-state index in [0.717, 1.165) is 24.8 Å². The predicted molar refractivity (Wildman–Crippen MR) is 57.2 cm³/mol. The fourth-order valence-electron chi connectivity index (χ4n) is 2.90. The lowest BCUT2D eigenvalue weighted by Crippen LogP contribution is -2.38. The normalized spacial score (nSPS) is 40.1. The van der Waals surface area contributed by atoms with Gasteiger partial charge in [0, 0.05) is 19.1 Å². The van der Waals surface area contributed by atoms with Gasteiger partial charge in [-0.2, -0.15) is 0 Å². The lowest BCUT2D eigenvalue weighted by molar-refractivity contribution is 0.0999. The second-order valence-electron chi connectivity index (χ2n) is 4.84. The molecule has 2 saturated heterocycles. The van der Waals surface area contributed by atoms with E-state index in [9.17, 15) is 5.11 Å². The summed E-state index contributed by atoms with van der Waals surface area (Å²) < 4.78 is 0. The molecular weight excluding hydrogens is 176 g/mol. The number of nitrogens with zero attached hydrogens (tertiary/aromatic N) is 1. The first kappa shape index (κ1) is 10.4. The van der Waals surface area contributed by atoms with Gasteiger partial charge in [0.2, 0.25) is 0 Å². The third-order valence-corrected chi connectivity index (χ3v) is 3.97. The molecule has 2 rings (SSSR count). The number of aliphatic hydroxyl groups is 1. The van der Waals surface area contributed by atoms with Crippen LogP contribution in [0.4, 0.5) is 0 Å². The summed E-state index contributed by atoms with van der Waals surface area (Å²) in [7, 11) is 0. The van der Waals surface area contributed by atoms with Crippen molar-refractivity contribution in [1.82, 2.24) is 10.2 Å².